The Bertz CT molecular complexity index is 299. The molecule has 1 aliphatic heterocycles. The first-order chi connectivity index (χ1) is 3.91. The molecule has 0 aromatic carbocycles. The summed E-state index contributed by atoms with van der Waals surface area (Å²) in [6.45, 7) is 0. The molecule has 8 heteroatoms. The molecule has 0 spiro atoms. The van der Waals surface area contributed by atoms with Crippen LogP contribution in [0.4, 0.5) is 0 Å². The quantitative estimate of drug-likeness (QED) is 0.469. The van der Waals surface area contributed by atoms with Crippen LogP contribution in [0.3, 0.4) is 0 Å². The van der Waals surface area contributed by atoms with E-state index >= 15 is 0 Å². The molecule has 0 aliphatic carbocycles. The van der Waals surface area contributed by atoms with Gasteiger partial charge < -0.3 is 0 Å². The van der Waals surface area contributed by atoms with Gasteiger partial charge in [-0.2, -0.15) is 0 Å². The van der Waals surface area contributed by atoms with Crippen molar-refractivity contribution in [2.75, 3.05) is 5.08 Å². The Labute approximate surface area is 51.7 Å². The second-order valence-corrected chi connectivity index (χ2v) is 5.04. The average Bonchev–Trinajstić information content (AvgIpc) is 1.78. The van der Waals surface area contributed by atoms with Crippen LogP contribution in [0, 0.1) is 0 Å². The minimum absolute atomic E-state index is 0.986. The second kappa shape index (κ2) is 1.51. The van der Waals surface area contributed by atoms with Crippen molar-refractivity contribution in [2.45, 2.75) is 0 Å². The smallest absolute Gasteiger partial charge is 0.202 e. The summed E-state index contributed by atoms with van der Waals surface area (Å²) in [5, 5.41) is -0.986. The first kappa shape index (κ1) is 6.62. The molecule has 0 amide bonds. The van der Waals surface area contributed by atoms with E-state index in [0.29, 0.717) is 0 Å². The van der Waals surface area contributed by atoms with Gasteiger partial charge in [-0.05, 0) is 9.04 Å². The van der Waals surface area contributed by atoms with Crippen molar-refractivity contribution in [1.82, 2.24) is 0 Å². The molecule has 52 valence electrons. The molecule has 1 aliphatic rings. The van der Waals surface area contributed by atoms with E-state index in [4.69, 9.17) is 0 Å². The minimum Gasteiger partial charge on any atom is -0.202 e. The van der Waals surface area contributed by atoms with Gasteiger partial charge in [0.25, 0.3) is 20.0 Å². The van der Waals surface area contributed by atoms with Gasteiger partial charge in [0.2, 0.25) is 0 Å². The summed E-state index contributed by atoms with van der Waals surface area (Å²) in [7, 11) is -7.57. The standard InChI is InChI=1S/CH2N2O4S2/c4-8(5)1-9(6,7)3-2-8/h1H2. The van der Waals surface area contributed by atoms with E-state index in [-0.39, 0.29) is 0 Å². The lowest BCUT2D eigenvalue weighted by Gasteiger charge is -1.77. The summed E-state index contributed by atoms with van der Waals surface area (Å²) < 4.78 is 45.9. The van der Waals surface area contributed by atoms with Crippen LogP contribution in [0.25, 0.3) is 0 Å². The van der Waals surface area contributed by atoms with Crippen LogP contribution >= 0.6 is 0 Å². The van der Waals surface area contributed by atoms with E-state index in [1.807, 2.05) is 0 Å². The van der Waals surface area contributed by atoms with Gasteiger partial charge in [-0.25, -0.2) is 16.8 Å². The maximum absolute atomic E-state index is 10.2. The van der Waals surface area contributed by atoms with Crippen LogP contribution in [-0.2, 0) is 20.0 Å². The SMILES string of the molecule is O=S1(=O)CS(=O)(=O)N=N1. The van der Waals surface area contributed by atoms with Crippen molar-refractivity contribution in [3.8, 4) is 0 Å². The molecule has 1 heterocycles. The van der Waals surface area contributed by atoms with Crippen molar-refractivity contribution in [1.29, 1.82) is 0 Å². The lowest BCUT2D eigenvalue weighted by molar-refractivity contribution is 0.597. The fraction of sp³-hybridized carbons (Fsp3) is 1.00. The Hall–Kier alpha value is -0.500. The van der Waals surface area contributed by atoms with Gasteiger partial charge in [0, 0.05) is 0 Å². The Morgan fingerprint density at radius 3 is 1.33 bits per heavy atom. The number of hydrogen-bond acceptors (Lipinski definition) is 4. The van der Waals surface area contributed by atoms with Gasteiger partial charge in [-0.3, -0.25) is 0 Å². The monoisotopic (exact) mass is 170 g/mol. The average molecular weight is 170 g/mol. The van der Waals surface area contributed by atoms with Crippen LogP contribution in [0.15, 0.2) is 9.04 Å². The molecule has 9 heavy (non-hydrogen) atoms. The van der Waals surface area contributed by atoms with E-state index < -0.39 is 25.1 Å². The summed E-state index contributed by atoms with van der Waals surface area (Å²) in [6, 6.07) is 0. The third-order valence-corrected chi connectivity index (χ3v) is 3.73. The Morgan fingerprint density at radius 2 is 1.22 bits per heavy atom. The zero-order valence-corrected chi connectivity index (χ0v) is 5.68. The molecule has 0 aromatic heterocycles. The van der Waals surface area contributed by atoms with Crippen LogP contribution in [0.2, 0.25) is 0 Å². The van der Waals surface area contributed by atoms with Gasteiger partial charge in [0.15, 0.2) is 5.08 Å². The van der Waals surface area contributed by atoms with Crippen molar-refractivity contribution in [2.24, 2.45) is 9.04 Å². The summed E-state index contributed by atoms with van der Waals surface area (Å²) in [5.74, 6) is 0. The molecule has 0 saturated carbocycles. The Balaban J connectivity index is 3.28. The zero-order valence-electron chi connectivity index (χ0n) is 4.05. The molecule has 0 fully saturated rings. The number of rotatable bonds is 0. The second-order valence-electron chi connectivity index (χ2n) is 1.44. The Morgan fingerprint density at radius 1 is 0.889 bits per heavy atom. The van der Waals surface area contributed by atoms with Crippen molar-refractivity contribution >= 4 is 20.0 Å². The molecule has 0 N–H and O–H groups in total. The summed E-state index contributed by atoms with van der Waals surface area (Å²) >= 11 is 0. The first-order valence-electron chi connectivity index (χ1n) is 1.81. The molecule has 0 unspecified atom stereocenters. The number of hydrogen-bond donors (Lipinski definition) is 0. The van der Waals surface area contributed by atoms with Crippen LogP contribution in [0.1, 0.15) is 0 Å². The molecular formula is CH2N2O4S2. The largest absolute Gasteiger partial charge is 0.287 e. The highest BCUT2D eigenvalue weighted by molar-refractivity contribution is 8.08. The molecule has 0 atom stereocenters. The number of nitrogens with zero attached hydrogens (tertiary/aromatic N) is 2. The molecule has 0 bridgehead atoms. The van der Waals surface area contributed by atoms with E-state index in [0.717, 1.165) is 0 Å². The maximum Gasteiger partial charge on any atom is 0.287 e. The lowest BCUT2D eigenvalue weighted by atomic mass is 11.9. The minimum atomic E-state index is -3.78. The topological polar surface area (TPSA) is 93.0 Å². The molecule has 6 nitrogen and oxygen atoms in total. The molecule has 1 rings (SSSR count). The van der Waals surface area contributed by atoms with Gasteiger partial charge in [-0.1, -0.05) is 0 Å². The van der Waals surface area contributed by atoms with Crippen molar-refractivity contribution in [3.05, 3.63) is 0 Å². The van der Waals surface area contributed by atoms with Gasteiger partial charge in [0.1, 0.15) is 0 Å². The van der Waals surface area contributed by atoms with Crippen LogP contribution in [-0.4, -0.2) is 21.9 Å². The normalized spacial score (nSPS) is 28.4. The van der Waals surface area contributed by atoms with E-state index in [1.165, 1.54) is 0 Å². The zero-order chi connectivity index (χ0) is 7.12. The van der Waals surface area contributed by atoms with Crippen LogP contribution < -0.4 is 0 Å². The fourth-order valence-corrected chi connectivity index (χ4v) is 3.03. The van der Waals surface area contributed by atoms with E-state index in [2.05, 4.69) is 9.04 Å². The molecular weight excluding hydrogens is 168 g/mol. The first-order valence-corrected chi connectivity index (χ1v) is 5.03. The third-order valence-electron chi connectivity index (χ3n) is 0.580. The van der Waals surface area contributed by atoms with E-state index in [1.54, 1.807) is 0 Å². The highest BCUT2D eigenvalue weighted by atomic mass is 32.3. The molecule has 0 radical (unpaired) electrons. The van der Waals surface area contributed by atoms with Gasteiger partial charge in [-0.15, -0.1) is 0 Å². The third kappa shape index (κ3) is 1.45. The predicted octanol–water partition coefficient (Wildman–Crippen LogP) is -0.931. The Kier molecular flexibility index (Phi) is 1.11. The van der Waals surface area contributed by atoms with Crippen molar-refractivity contribution < 1.29 is 16.8 Å². The molecule has 0 saturated heterocycles. The lowest BCUT2D eigenvalue weighted by Crippen LogP contribution is -2.03. The van der Waals surface area contributed by atoms with Crippen molar-refractivity contribution in [3.63, 3.8) is 0 Å². The summed E-state index contributed by atoms with van der Waals surface area (Å²) in [5.41, 5.74) is 0. The van der Waals surface area contributed by atoms with Gasteiger partial charge in [0.05, 0.1) is 0 Å². The maximum atomic E-state index is 10.2. The predicted molar refractivity (Wildman–Crippen MR) is 27.6 cm³/mol. The highest BCUT2D eigenvalue weighted by Crippen LogP contribution is 2.11. The van der Waals surface area contributed by atoms with Gasteiger partial charge >= 0.3 is 0 Å². The summed E-state index contributed by atoms with van der Waals surface area (Å²) in [6.07, 6.45) is 0. The summed E-state index contributed by atoms with van der Waals surface area (Å²) in [4.78, 5) is 0. The number of sulfonamides is 2. The van der Waals surface area contributed by atoms with Crippen LogP contribution in [0.5, 0.6) is 0 Å². The molecule has 0 aromatic rings. The highest BCUT2D eigenvalue weighted by Gasteiger charge is 2.28. The van der Waals surface area contributed by atoms with E-state index in [9.17, 15) is 16.8 Å². The fourth-order valence-electron chi connectivity index (χ4n) is 0.337.